The minimum absolute atomic E-state index is 0.184. The zero-order valence-corrected chi connectivity index (χ0v) is 19.4. The molecule has 164 valence electrons. The van der Waals surface area contributed by atoms with Crippen LogP contribution in [0.1, 0.15) is 24.4 Å². The first kappa shape index (κ1) is 22.0. The Labute approximate surface area is 191 Å². The first-order valence-electron chi connectivity index (χ1n) is 10.9. The number of anilines is 1. The van der Waals surface area contributed by atoms with Gasteiger partial charge in [-0.1, -0.05) is 29.5 Å². The van der Waals surface area contributed by atoms with E-state index in [0.29, 0.717) is 19.5 Å². The fourth-order valence-electron chi connectivity index (χ4n) is 3.75. The normalized spacial score (nSPS) is 11.6. The van der Waals surface area contributed by atoms with Gasteiger partial charge >= 0.3 is 0 Å². The number of nitrogens with zero attached hydrogens (tertiary/aromatic N) is 4. The molecule has 0 atom stereocenters. The van der Waals surface area contributed by atoms with Crippen LogP contribution in [0, 0.1) is 0 Å². The molecule has 2 aromatic carbocycles. The number of benzene rings is 2. The van der Waals surface area contributed by atoms with Crippen LogP contribution in [-0.4, -0.2) is 43.8 Å². The second-order valence-electron chi connectivity index (χ2n) is 7.27. The summed E-state index contributed by atoms with van der Waals surface area (Å²) in [5.41, 5.74) is 4.60. The molecule has 4 rings (SSSR count). The number of para-hydroxylation sites is 1. The summed E-state index contributed by atoms with van der Waals surface area (Å²) in [6.07, 6.45) is 4.50. The predicted octanol–water partition coefficient (Wildman–Crippen LogP) is 3.34. The van der Waals surface area contributed by atoms with Crippen molar-refractivity contribution in [2.75, 3.05) is 24.6 Å². The van der Waals surface area contributed by atoms with Crippen LogP contribution in [0.2, 0.25) is 6.32 Å². The van der Waals surface area contributed by atoms with E-state index in [4.69, 9.17) is 9.37 Å². The first-order valence-corrected chi connectivity index (χ1v) is 11.7. The molecule has 9 heteroatoms. The molecular weight excluding hydrogens is 423 g/mol. The Bertz CT molecular complexity index is 1260. The minimum atomic E-state index is -0.184. The molecule has 0 radical (unpaired) electrons. The van der Waals surface area contributed by atoms with E-state index in [1.807, 2.05) is 18.2 Å². The molecule has 0 aliphatic carbocycles. The Morgan fingerprint density at radius 2 is 1.94 bits per heavy atom. The van der Waals surface area contributed by atoms with Gasteiger partial charge in [0.1, 0.15) is 18.1 Å². The van der Waals surface area contributed by atoms with E-state index in [2.05, 4.69) is 64.0 Å². The van der Waals surface area contributed by atoms with Gasteiger partial charge in [-0.2, -0.15) is 4.57 Å². The van der Waals surface area contributed by atoms with Gasteiger partial charge in [-0.15, -0.1) is 0 Å². The van der Waals surface area contributed by atoms with Crippen LogP contribution in [0.25, 0.3) is 33.4 Å². The van der Waals surface area contributed by atoms with Crippen molar-refractivity contribution in [1.29, 1.82) is 0 Å². The highest BCUT2D eigenvalue weighted by molar-refractivity contribution is 7.18. The summed E-state index contributed by atoms with van der Waals surface area (Å²) < 4.78 is 13.8. The van der Waals surface area contributed by atoms with E-state index >= 15 is 0 Å². The molecule has 4 aromatic rings. The average molecular weight is 449 g/mol. The number of hydrogen-bond acceptors (Lipinski definition) is 7. The molecule has 7 nitrogen and oxygen atoms in total. The standard InChI is InChI=1S/C23H26BN4O3S/c1-3-27(4-2)18-11-9-16(22-23(18)26-31-25-22)10-12-20-28(13-14-30-21(29)15-24)17-7-5-6-8-19(17)32-20/h5-12H,3-4,13-15,24H2,1-2H3/q+1. The van der Waals surface area contributed by atoms with Crippen molar-refractivity contribution in [3.63, 3.8) is 0 Å². The van der Waals surface area contributed by atoms with Crippen molar-refractivity contribution in [3.05, 3.63) is 47.0 Å². The molecule has 0 bridgehead atoms. The molecule has 0 N–H and O–H groups in total. The molecule has 32 heavy (non-hydrogen) atoms. The number of aromatic nitrogens is 3. The molecule has 0 aliphatic heterocycles. The number of fused-ring (bicyclic) bond motifs is 2. The van der Waals surface area contributed by atoms with Crippen LogP contribution < -0.4 is 9.47 Å². The van der Waals surface area contributed by atoms with Crippen LogP contribution in [-0.2, 0) is 16.1 Å². The van der Waals surface area contributed by atoms with Gasteiger partial charge in [0.15, 0.2) is 18.7 Å². The SMILES string of the molecule is BCC(=O)OCC[n+]1c(/C=C/c2ccc(N(CC)CC)c3nonc23)sc2ccccc21. The quantitative estimate of drug-likeness (QED) is 0.222. The largest absolute Gasteiger partial charge is 0.459 e. The average Bonchev–Trinajstić information content (AvgIpc) is 3.44. The van der Waals surface area contributed by atoms with Gasteiger partial charge in [-0.05, 0) is 42.4 Å². The van der Waals surface area contributed by atoms with Crippen molar-refractivity contribution in [3.8, 4) is 0 Å². The van der Waals surface area contributed by atoms with E-state index in [-0.39, 0.29) is 5.97 Å². The highest BCUT2D eigenvalue weighted by Gasteiger charge is 2.19. The lowest BCUT2D eigenvalue weighted by Gasteiger charge is -2.20. The molecule has 0 aliphatic rings. The Hall–Kier alpha value is -3.20. The lowest BCUT2D eigenvalue weighted by Crippen LogP contribution is -2.37. The third-order valence-corrected chi connectivity index (χ3v) is 6.57. The van der Waals surface area contributed by atoms with Gasteiger partial charge in [-0.3, -0.25) is 4.79 Å². The second-order valence-corrected chi connectivity index (χ2v) is 8.34. The molecular formula is C23H26BN4O3S+. The van der Waals surface area contributed by atoms with Crippen LogP contribution >= 0.6 is 11.3 Å². The van der Waals surface area contributed by atoms with Crippen LogP contribution in [0.4, 0.5) is 5.69 Å². The second kappa shape index (κ2) is 9.95. The zero-order chi connectivity index (χ0) is 22.5. The maximum Gasteiger partial charge on any atom is 0.297 e. The van der Waals surface area contributed by atoms with Crippen molar-refractivity contribution in [1.82, 2.24) is 10.3 Å². The van der Waals surface area contributed by atoms with E-state index in [1.165, 1.54) is 4.70 Å². The van der Waals surface area contributed by atoms with Gasteiger partial charge in [0.2, 0.25) is 5.52 Å². The number of thiazole rings is 1. The lowest BCUT2D eigenvalue weighted by atomic mass is 10.1. The molecule has 0 spiro atoms. The van der Waals surface area contributed by atoms with E-state index < -0.39 is 0 Å². The zero-order valence-electron chi connectivity index (χ0n) is 18.6. The summed E-state index contributed by atoms with van der Waals surface area (Å²) in [6.45, 7) is 6.95. The summed E-state index contributed by atoms with van der Waals surface area (Å²) in [6, 6.07) is 12.4. The molecule has 0 fully saturated rings. The fourth-order valence-corrected chi connectivity index (χ4v) is 4.84. The van der Waals surface area contributed by atoms with E-state index in [1.54, 1.807) is 19.2 Å². The Balaban J connectivity index is 1.68. The smallest absolute Gasteiger partial charge is 0.297 e. The predicted molar refractivity (Wildman–Crippen MR) is 131 cm³/mol. The number of ether oxygens (including phenoxy) is 1. The molecule has 0 unspecified atom stereocenters. The number of rotatable bonds is 9. The highest BCUT2D eigenvalue weighted by Crippen LogP contribution is 2.29. The highest BCUT2D eigenvalue weighted by atomic mass is 32.1. The Morgan fingerprint density at radius 3 is 2.72 bits per heavy atom. The topological polar surface area (TPSA) is 72.3 Å². The Kier molecular flexibility index (Phi) is 6.85. The van der Waals surface area contributed by atoms with Gasteiger partial charge in [-0.25, -0.2) is 4.63 Å². The van der Waals surface area contributed by atoms with Crippen molar-refractivity contribution in [2.45, 2.75) is 26.7 Å². The van der Waals surface area contributed by atoms with Gasteiger partial charge in [0.05, 0.1) is 5.69 Å². The summed E-state index contributed by atoms with van der Waals surface area (Å²) in [7, 11) is 1.80. The van der Waals surface area contributed by atoms with Gasteiger partial charge < -0.3 is 9.64 Å². The number of hydrogen-bond donors (Lipinski definition) is 0. The Morgan fingerprint density at radius 1 is 1.16 bits per heavy atom. The van der Waals surface area contributed by atoms with Gasteiger partial charge in [0.25, 0.3) is 11.0 Å². The van der Waals surface area contributed by atoms with Gasteiger partial charge in [0, 0.05) is 37.1 Å². The minimum Gasteiger partial charge on any atom is -0.459 e. The summed E-state index contributed by atoms with van der Waals surface area (Å²) in [5.74, 6) is -0.184. The maximum absolute atomic E-state index is 11.5. The number of carbonyl (C=O) groups excluding carboxylic acids is 1. The third-order valence-electron chi connectivity index (χ3n) is 5.44. The van der Waals surface area contributed by atoms with Crippen molar-refractivity contribution < 1.29 is 18.7 Å². The summed E-state index contributed by atoms with van der Waals surface area (Å²) >= 11 is 1.70. The lowest BCUT2D eigenvalue weighted by molar-refractivity contribution is -0.669. The maximum atomic E-state index is 11.5. The monoisotopic (exact) mass is 449 g/mol. The summed E-state index contributed by atoms with van der Waals surface area (Å²) in [5, 5.41) is 9.38. The third kappa shape index (κ3) is 4.38. The van der Waals surface area contributed by atoms with Crippen LogP contribution in [0.5, 0.6) is 0 Å². The molecule has 0 saturated heterocycles. The van der Waals surface area contributed by atoms with Crippen molar-refractivity contribution in [2.24, 2.45) is 0 Å². The molecule has 0 amide bonds. The molecule has 0 saturated carbocycles. The number of carbonyl (C=O) groups is 1. The van der Waals surface area contributed by atoms with E-state index in [0.717, 1.165) is 45.9 Å². The van der Waals surface area contributed by atoms with Crippen molar-refractivity contribution >= 4 is 64.2 Å². The first-order chi connectivity index (χ1) is 15.7. The number of esters is 1. The summed E-state index contributed by atoms with van der Waals surface area (Å²) in [4.78, 5) is 13.8. The molecule has 2 aromatic heterocycles. The van der Waals surface area contributed by atoms with Crippen LogP contribution in [0.3, 0.4) is 0 Å². The van der Waals surface area contributed by atoms with Crippen LogP contribution in [0.15, 0.2) is 41.0 Å². The fraction of sp³-hybridized carbons (Fsp3) is 0.304. The molecule has 2 heterocycles. The van der Waals surface area contributed by atoms with E-state index in [9.17, 15) is 4.79 Å².